The quantitative estimate of drug-likeness (QED) is 0.702. The molecular formula is C22H30N4O3S2. The molecule has 1 saturated heterocycles. The lowest BCUT2D eigenvalue weighted by molar-refractivity contribution is -0.142. The number of hydrogen-bond acceptors (Lipinski definition) is 6. The van der Waals surface area contributed by atoms with Crippen LogP contribution in [0.1, 0.15) is 50.3 Å². The van der Waals surface area contributed by atoms with Gasteiger partial charge in [0.25, 0.3) is 0 Å². The summed E-state index contributed by atoms with van der Waals surface area (Å²) in [6, 6.07) is 3.98. The Morgan fingerprint density at radius 1 is 1.16 bits per heavy atom. The zero-order valence-corrected chi connectivity index (χ0v) is 20.3. The Morgan fingerprint density at radius 2 is 1.84 bits per heavy atom. The van der Waals surface area contributed by atoms with E-state index in [-0.39, 0.29) is 23.6 Å². The van der Waals surface area contributed by atoms with E-state index in [1.54, 1.807) is 11.3 Å². The molecule has 0 unspecified atom stereocenters. The van der Waals surface area contributed by atoms with Gasteiger partial charge in [-0.15, -0.1) is 22.7 Å². The summed E-state index contributed by atoms with van der Waals surface area (Å²) in [6.45, 7) is 11.0. The minimum atomic E-state index is -0.395. The number of hydrogen-bond donors (Lipinski definition) is 2. The molecule has 9 heteroatoms. The Bertz CT molecular complexity index is 966. The Balaban J connectivity index is 1.59. The summed E-state index contributed by atoms with van der Waals surface area (Å²) in [4.78, 5) is 45.9. The van der Waals surface area contributed by atoms with Crippen molar-refractivity contribution in [3.05, 3.63) is 21.9 Å². The van der Waals surface area contributed by atoms with E-state index in [1.807, 2.05) is 44.7 Å². The molecule has 0 bridgehead atoms. The number of likely N-dealkylation sites (tertiary alicyclic amines) is 1. The summed E-state index contributed by atoms with van der Waals surface area (Å²) >= 11 is 3.05. The highest BCUT2D eigenvalue weighted by molar-refractivity contribution is 7.18. The van der Waals surface area contributed by atoms with Gasteiger partial charge in [0.2, 0.25) is 17.7 Å². The third-order valence-corrected chi connectivity index (χ3v) is 7.21. The van der Waals surface area contributed by atoms with Crippen LogP contribution in [0.25, 0.3) is 10.6 Å². The lowest BCUT2D eigenvalue weighted by Crippen LogP contribution is -2.45. The summed E-state index contributed by atoms with van der Waals surface area (Å²) in [5.41, 5.74) is 0.471. The van der Waals surface area contributed by atoms with Crippen molar-refractivity contribution in [1.82, 2.24) is 15.2 Å². The van der Waals surface area contributed by atoms with Crippen molar-refractivity contribution in [2.75, 3.05) is 18.4 Å². The van der Waals surface area contributed by atoms with Crippen molar-refractivity contribution in [3.63, 3.8) is 0 Å². The maximum atomic E-state index is 12.8. The van der Waals surface area contributed by atoms with Crippen LogP contribution in [0.2, 0.25) is 0 Å². The minimum absolute atomic E-state index is 0.0271. The van der Waals surface area contributed by atoms with Gasteiger partial charge >= 0.3 is 0 Å². The molecule has 0 spiro atoms. The van der Waals surface area contributed by atoms with Crippen molar-refractivity contribution < 1.29 is 14.4 Å². The Morgan fingerprint density at radius 3 is 2.45 bits per heavy atom. The second-order valence-corrected chi connectivity index (χ2v) is 11.3. The highest BCUT2D eigenvalue weighted by atomic mass is 32.1. The normalized spacial score (nSPS) is 15.1. The molecule has 3 heterocycles. The first-order valence-electron chi connectivity index (χ1n) is 10.5. The first kappa shape index (κ1) is 23.4. The summed E-state index contributed by atoms with van der Waals surface area (Å²) < 4.78 is 0. The topological polar surface area (TPSA) is 91.4 Å². The fourth-order valence-corrected chi connectivity index (χ4v) is 5.41. The zero-order valence-electron chi connectivity index (χ0n) is 18.7. The van der Waals surface area contributed by atoms with Gasteiger partial charge < -0.3 is 15.5 Å². The molecule has 1 aliphatic heterocycles. The van der Waals surface area contributed by atoms with Crippen LogP contribution in [-0.2, 0) is 20.9 Å². The van der Waals surface area contributed by atoms with Crippen molar-refractivity contribution in [2.45, 2.75) is 54.0 Å². The Labute approximate surface area is 191 Å². The number of rotatable bonds is 5. The number of anilines is 1. The number of amides is 3. The number of thiophene rings is 1. The number of nitrogens with zero attached hydrogens (tertiary/aromatic N) is 2. The van der Waals surface area contributed by atoms with Crippen molar-refractivity contribution in [1.29, 1.82) is 0 Å². The molecule has 0 atom stereocenters. The minimum Gasteiger partial charge on any atom is -0.351 e. The van der Waals surface area contributed by atoms with Crippen molar-refractivity contribution >= 4 is 45.5 Å². The molecule has 7 nitrogen and oxygen atoms in total. The van der Waals surface area contributed by atoms with Gasteiger partial charge in [0.1, 0.15) is 0 Å². The van der Waals surface area contributed by atoms with E-state index in [9.17, 15) is 14.4 Å². The maximum absolute atomic E-state index is 12.8. The van der Waals surface area contributed by atoms with Crippen molar-refractivity contribution in [2.24, 2.45) is 11.3 Å². The number of aromatic nitrogens is 1. The number of carbonyl (C=O) groups excluding carboxylic acids is 3. The zero-order chi connectivity index (χ0) is 22.8. The van der Waals surface area contributed by atoms with Gasteiger partial charge in [-0.2, -0.15) is 0 Å². The molecule has 2 aromatic rings. The van der Waals surface area contributed by atoms with Gasteiger partial charge in [-0.1, -0.05) is 20.8 Å². The molecule has 168 valence electrons. The fraction of sp³-hybridized carbons (Fsp3) is 0.545. The van der Waals surface area contributed by atoms with E-state index in [2.05, 4.69) is 15.6 Å². The first-order valence-corrected chi connectivity index (χ1v) is 12.1. The van der Waals surface area contributed by atoms with Crippen LogP contribution in [0.4, 0.5) is 5.13 Å². The number of thiazole rings is 1. The molecule has 0 aromatic carbocycles. The molecule has 0 aliphatic carbocycles. The van der Waals surface area contributed by atoms with Gasteiger partial charge in [-0.3, -0.25) is 14.4 Å². The van der Waals surface area contributed by atoms with E-state index in [0.717, 1.165) is 20.3 Å². The van der Waals surface area contributed by atoms with Crippen LogP contribution in [0.5, 0.6) is 0 Å². The van der Waals surface area contributed by atoms with Gasteiger partial charge in [0, 0.05) is 41.1 Å². The smallest absolute Gasteiger partial charge is 0.229 e. The van der Waals surface area contributed by atoms with Crippen LogP contribution < -0.4 is 10.6 Å². The van der Waals surface area contributed by atoms with Crippen LogP contribution in [-0.4, -0.2) is 40.7 Å². The monoisotopic (exact) mass is 462 g/mol. The highest BCUT2D eigenvalue weighted by Crippen LogP contribution is 2.35. The SMILES string of the molecule is CC(=O)NCc1ccc(-c2nc(NC(=O)C3CCN(C(=O)C(C)(C)C)CC3)sc2C)s1. The lowest BCUT2D eigenvalue weighted by Gasteiger charge is -2.35. The van der Waals surface area contributed by atoms with E-state index < -0.39 is 5.41 Å². The van der Waals surface area contributed by atoms with Crippen LogP contribution >= 0.6 is 22.7 Å². The molecule has 2 N–H and O–H groups in total. The Hall–Kier alpha value is -2.26. The molecular weight excluding hydrogens is 432 g/mol. The largest absolute Gasteiger partial charge is 0.351 e. The van der Waals surface area contributed by atoms with Gasteiger partial charge in [0.05, 0.1) is 17.1 Å². The second-order valence-electron chi connectivity index (χ2n) is 8.91. The van der Waals surface area contributed by atoms with E-state index in [4.69, 9.17) is 0 Å². The predicted molar refractivity (Wildman–Crippen MR) is 125 cm³/mol. The number of aryl methyl sites for hydroxylation is 1. The number of carbonyl (C=O) groups is 3. The molecule has 2 aromatic heterocycles. The number of piperidine rings is 1. The fourth-order valence-electron chi connectivity index (χ4n) is 3.52. The summed E-state index contributed by atoms with van der Waals surface area (Å²) in [5, 5.41) is 6.38. The molecule has 3 rings (SSSR count). The average molecular weight is 463 g/mol. The van der Waals surface area contributed by atoms with E-state index >= 15 is 0 Å². The third kappa shape index (κ3) is 5.92. The van der Waals surface area contributed by atoms with Crippen molar-refractivity contribution in [3.8, 4) is 10.6 Å². The molecule has 31 heavy (non-hydrogen) atoms. The Kier molecular flexibility index (Phi) is 7.16. The van der Waals surface area contributed by atoms with E-state index in [0.29, 0.717) is 37.6 Å². The van der Waals surface area contributed by atoms with Crippen LogP contribution in [0.3, 0.4) is 0 Å². The van der Waals surface area contributed by atoms with Crippen LogP contribution in [0, 0.1) is 18.3 Å². The van der Waals surface area contributed by atoms with E-state index in [1.165, 1.54) is 18.3 Å². The molecule has 3 amide bonds. The summed E-state index contributed by atoms with van der Waals surface area (Å²) in [5.74, 6) is -0.0536. The van der Waals surface area contributed by atoms with Gasteiger partial charge in [-0.05, 0) is 31.9 Å². The second kappa shape index (κ2) is 9.48. The van der Waals surface area contributed by atoms with Gasteiger partial charge in [0.15, 0.2) is 5.13 Å². The highest BCUT2D eigenvalue weighted by Gasteiger charge is 2.32. The van der Waals surface area contributed by atoms with Crippen LogP contribution in [0.15, 0.2) is 12.1 Å². The average Bonchev–Trinajstić information content (AvgIpc) is 3.31. The molecule has 0 radical (unpaired) electrons. The predicted octanol–water partition coefficient (Wildman–Crippen LogP) is 4.04. The summed E-state index contributed by atoms with van der Waals surface area (Å²) in [7, 11) is 0. The lowest BCUT2D eigenvalue weighted by atomic mass is 9.91. The third-order valence-electron chi connectivity index (χ3n) is 5.23. The summed E-state index contributed by atoms with van der Waals surface area (Å²) in [6.07, 6.45) is 1.34. The molecule has 1 aliphatic rings. The molecule has 0 saturated carbocycles. The number of nitrogens with one attached hydrogen (secondary N) is 2. The first-order chi connectivity index (χ1) is 14.5. The molecule has 1 fully saturated rings. The standard InChI is InChI=1S/C22H30N4O3S2/c1-13-18(17-7-6-16(31-17)12-23-14(2)27)24-21(30-13)25-19(28)15-8-10-26(11-9-15)20(29)22(3,4)5/h6-7,15H,8-12H2,1-5H3,(H,23,27)(H,24,25,28). The maximum Gasteiger partial charge on any atom is 0.229 e. The van der Waals surface area contributed by atoms with Gasteiger partial charge in [-0.25, -0.2) is 4.98 Å².